The molecule has 1 fully saturated rings. The van der Waals surface area contributed by atoms with Crippen LogP contribution in [0.5, 0.6) is 0 Å². The Balaban J connectivity index is 1.79. The molecule has 0 aliphatic carbocycles. The second-order valence-electron chi connectivity index (χ2n) is 5.77. The van der Waals surface area contributed by atoms with Crippen LogP contribution in [0.4, 0.5) is 0 Å². The van der Waals surface area contributed by atoms with E-state index in [-0.39, 0.29) is 5.91 Å². The third-order valence-electron chi connectivity index (χ3n) is 3.89. The molecule has 0 bridgehead atoms. The minimum atomic E-state index is 0.0893. The summed E-state index contributed by atoms with van der Waals surface area (Å²) in [6.07, 6.45) is 0. The van der Waals surface area contributed by atoms with Crippen molar-refractivity contribution in [2.75, 3.05) is 19.6 Å². The summed E-state index contributed by atoms with van der Waals surface area (Å²) in [7, 11) is 0. The molecule has 0 radical (unpaired) electrons. The summed E-state index contributed by atoms with van der Waals surface area (Å²) in [4.78, 5) is 18.7. The molecule has 2 aromatic rings. The van der Waals surface area contributed by atoms with Crippen molar-refractivity contribution in [2.24, 2.45) is 0 Å². The maximum absolute atomic E-state index is 12.5. The summed E-state index contributed by atoms with van der Waals surface area (Å²) in [5.74, 6) is 1.67. The van der Waals surface area contributed by atoms with Crippen LogP contribution in [0.25, 0.3) is 5.69 Å². The number of amides is 1. The lowest BCUT2D eigenvalue weighted by Gasteiger charge is -2.32. The Hall–Kier alpha value is -2.21. The number of carbonyl (C=O) groups excluding carboxylic acids is 1. The van der Waals surface area contributed by atoms with Gasteiger partial charge in [0.15, 0.2) is 0 Å². The average molecular weight is 299 g/mol. The van der Waals surface area contributed by atoms with Gasteiger partial charge in [0.2, 0.25) is 0 Å². The molecule has 1 aromatic carbocycles. The first kappa shape index (κ1) is 14.7. The molecule has 3 rings (SSSR count). The van der Waals surface area contributed by atoms with Crippen molar-refractivity contribution in [3.8, 4) is 5.69 Å². The molecule has 6 nitrogen and oxygen atoms in total. The van der Waals surface area contributed by atoms with Crippen molar-refractivity contribution in [3.05, 3.63) is 41.5 Å². The van der Waals surface area contributed by atoms with Crippen molar-refractivity contribution in [1.82, 2.24) is 25.0 Å². The zero-order chi connectivity index (χ0) is 15.7. The quantitative estimate of drug-likeness (QED) is 0.908. The molecule has 1 N–H and O–H groups in total. The number of hydrogen-bond acceptors (Lipinski definition) is 4. The fourth-order valence-corrected chi connectivity index (χ4v) is 2.81. The molecule has 1 saturated heterocycles. The number of rotatable bonds is 2. The lowest BCUT2D eigenvalue weighted by Crippen LogP contribution is -2.51. The molecule has 22 heavy (non-hydrogen) atoms. The van der Waals surface area contributed by atoms with E-state index in [4.69, 9.17) is 0 Å². The number of piperazine rings is 1. The van der Waals surface area contributed by atoms with Crippen LogP contribution in [0.2, 0.25) is 0 Å². The summed E-state index contributed by atoms with van der Waals surface area (Å²) in [6, 6.07) is 7.90. The summed E-state index contributed by atoms with van der Waals surface area (Å²) in [5.41, 5.74) is 1.63. The summed E-state index contributed by atoms with van der Waals surface area (Å²) >= 11 is 0. The van der Waals surface area contributed by atoms with E-state index in [1.807, 2.05) is 43.0 Å². The Bertz CT molecular complexity index is 676. The predicted octanol–water partition coefficient (Wildman–Crippen LogP) is 1.32. The maximum atomic E-state index is 12.5. The van der Waals surface area contributed by atoms with Gasteiger partial charge in [0.1, 0.15) is 11.6 Å². The SMILES string of the molecule is Cc1nc(C)n(-c2ccc(C(=O)N3CCN[C@@H](C)C3)cc2)n1. The number of carbonyl (C=O) groups is 1. The normalized spacial score (nSPS) is 18.5. The minimum Gasteiger partial charge on any atom is -0.336 e. The number of nitrogens with zero attached hydrogens (tertiary/aromatic N) is 4. The second-order valence-corrected chi connectivity index (χ2v) is 5.77. The van der Waals surface area contributed by atoms with Gasteiger partial charge in [-0.2, -0.15) is 5.10 Å². The fourth-order valence-electron chi connectivity index (χ4n) is 2.81. The van der Waals surface area contributed by atoms with E-state index in [1.165, 1.54) is 0 Å². The first-order chi connectivity index (χ1) is 10.5. The van der Waals surface area contributed by atoms with Gasteiger partial charge >= 0.3 is 0 Å². The van der Waals surface area contributed by atoms with E-state index in [0.717, 1.165) is 37.0 Å². The van der Waals surface area contributed by atoms with Gasteiger partial charge in [-0.3, -0.25) is 4.79 Å². The van der Waals surface area contributed by atoms with Gasteiger partial charge in [-0.25, -0.2) is 9.67 Å². The number of aromatic nitrogens is 3. The van der Waals surface area contributed by atoms with E-state index < -0.39 is 0 Å². The first-order valence-corrected chi connectivity index (χ1v) is 7.58. The highest BCUT2D eigenvalue weighted by atomic mass is 16.2. The molecule has 1 aliphatic heterocycles. The lowest BCUT2D eigenvalue weighted by atomic mass is 10.1. The van der Waals surface area contributed by atoms with Crippen LogP contribution in [0.1, 0.15) is 28.9 Å². The van der Waals surface area contributed by atoms with Crippen LogP contribution in [0.3, 0.4) is 0 Å². The van der Waals surface area contributed by atoms with Crippen LogP contribution in [0.15, 0.2) is 24.3 Å². The molecule has 6 heteroatoms. The molecular weight excluding hydrogens is 278 g/mol. The van der Waals surface area contributed by atoms with Crippen molar-refractivity contribution >= 4 is 5.91 Å². The average Bonchev–Trinajstić information content (AvgIpc) is 2.85. The van der Waals surface area contributed by atoms with Gasteiger partial charge in [0, 0.05) is 31.2 Å². The monoisotopic (exact) mass is 299 g/mol. The largest absolute Gasteiger partial charge is 0.336 e. The second kappa shape index (κ2) is 5.88. The highest BCUT2D eigenvalue weighted by Crippen LogP contribution is 2.13. The third kappa shape index (κ3) is 2.87. The van der Waals surface area contributed by atoms with Crippen LogP contribution in [-0.4, -0.2) is 51.2 Å². The number of hydrogen-bond donors (Lipinski definition) is 1. The van der Waals surface area contributed by atoms with E-state index in [0.29, 0.717) is 11.6 Å². The Morgan fingerprint density at radius 3 is 2.59 bits per heavy atom. The Morgan fingerprint density at radius 2 is 2.00 bits per heavy atom. The fraction of sp³-hybridized carbons (Fsp3) is 0.438. The molecule has 0 saturated carbocycles. The summed E-state index contributed by atoms with van der Waals surface area (Å²) in [6.45, 7) is 8.24. The molecule has 0 spiro atoms. The predicted molar refractivity (Wildman–Crippen MR) is 84.2 cm³/mol. The van der Waals surface area contributed by atoms with E-state index in [2.05, 4.69) is 22.3 Å². The molecule has 2 heterocycles. The molecule has 1 aliphatic rings. The highest BCUT2D eigenvalue weighted by Gasteiger charge is 2.21. The number of benzene rings is 1. The van der Waals surface area contributed by atoms with Crippen LogP contribution >= 0.6 is 0 Å². The van der Waals surface area contributed by atoms with Crippen LogP contribution in [0, 0.1) is 13.8 Å². The zero-order valence-electron chi connectivity index (χ0n) is 13.2. The van der Waals surface area contributed by atoms with E-state index >= 15 is 0 Å². The lowest BCUT2D eigenvalue weighted by molar-refractivity contribution is 0.0709. The van der Waals surface area contributed by atoms with E-state index in [1.54, 1.807) is 4.68 Å². The minimum absolute atomic E-state index is 0.0893. The van der Waals surface area contributed by atoms with Gasteiger partial charge in [-0.05, 0) is 45.0 Å². The number of nitrogens with one attached hydrogen (secondary N) is 1. The van der Waals surface area contributed by atoms with Crippen LogP contribution < -0.4 is 5.32 Å². The zero-order valence-corrected chi connectivity index (χ0v) is 13.2. The Morgan fingerprint density at radius 1 is 1.27 bits per heavy atom. The number of aryl methyl sites for hydroxylation is 2. The van der Waals surface area contributed by atoms with Gasteiger partial charge in [-0.1, -0.05) is 0 Å². The highest BCUT2D eigenvalue weighted by molar-refractivity contribution is 5.94. The molecular formula is C16H21N5O. The van der Waals surface area contributed by atoms with Gasteiger partial charge in [0.05, 0.1) is 5.69 Å². The smallest absolute Gasteiger partial charge is 0.253 e. The molecule has 0 unspecified atom stereocenters. The molecule has 1 aromatic heterocycles. The summed E-state index contributed by atoms with van der Waals surface area (Å²) in [5, 5.41) is 7.70. The van der Waals surface area contributed by atoms with Crippen molar-refractivity contribution in [1.29, 1.82) is 0 Å². The maximum Gasteiger partial charge on any atom is 0.253 e. The summed E-state index contributed by atoms with van der Waals surface area (Å²) < 4.78 is 1.79. The molecule has 1 atom stereocenters. The third-order valence-corrected chi connectivity index (χ3v) is 3.89. The van der Waals surface area contributed by atoms with Gasteiger partial charge in [0.25, 0.3) is 5.91 Å². The van der Waals surface area contributed by atoms with Gasteiger partial charge in [-0.15, -0.1) is 0 Å². The first-order valence-electron chi connectivity index (χ1n) is 7.58. The van der Waals surface area contributed by atoms with Gasteiger partial charge < -0.3 is 10.2 Å². The molecule has 1 amide bonds. The van der Waals surface area contributed by atoms with Crippen LogP contribution in [-0.2, 0) is 0 Å². The Labute approximate surface area is 130 Å². The standard InChI is InChI=1S/C16H21N5O/c1-11-10-20(9-8-17-11)16(22)14-4-6-15(7-5-14)21-13(3)18-12(2)19-21/h4-7,11,17H,8-10H2,1-3H3/t11-/m0/s1. The topological polar surface area (TPSA) is 63.1 Å². The van der Waals surface area contributed by atoms with Crippen molar-refractivity contribution < 1.29 is 4.79 Å². The molecule has 116 valence electrons. The Kier molecular flexibility index (Phi) is 3.94. The van der Waals surface area contributed by atoms with Crippen molar-refractivity contribution in [2.45, 2.75) is 26.8 Å². The van der Waals surface area contributed by atoms with Crippen molar-refractivity contribution in [3.63, 3.8) is 0 Å². The van der Waals surface area contributed by atoms with E-state index in [9.17, 15) is 4.79 Å².